The Morgan fingerprint density at radius 1 is 1.07 bits per heavy atom. The predicted molar refractivity (Wildman–Crippen MR) is 106 cm³/mol. The summed E-state index contributed by atoms with van der Waals surface area (Å²) < 4.78 is 40.6. The van der Waals surface area contributed by atoms with Crippen LogP contribution in [0.2, 0.25) is 0 Å². The molecule has 1 aliphatic carbocycles. The number of hydrogen-bond donors (Lipinski definition) is 1. The maximum absolute atomic E-state index is 13.2. The Morgan fingerprint density at radius 2 is 1.81 bits per heavy atom. The quantitative estimate of drug-likeness (QED) is 0.538. The molecule has 1 saturated carbocycles. The summed E-state index contributed by atoms with van der Waals surface area (Å²) in [7, 11) is -3.14. The lowest BCUT2D eigenvalue weighted by molar-refractivity contribution is 0.252. The molecule has 2 fully saturated rings. The summed E-state index contributed by atoms with van der Waals surface area (Å²) in [5.41, 5.74) is 0. The van der Waals surface area contributed by atoms with Crippen LogP contribution in [-0.4, -0.2) is 62.8 Å². The van der Waals surface area contributed by atoms with Crippen molar-refractivity contribution in [3.05, 3.63) is 24.1 Å². The number of rotatable bonds is 8. The van der Waals surface area contributed by atoms with Gasteiger partial charge in [-0.25, -0.2) is 18.1 Å². The predicted octanol–water partition coefficient (Wildman–Crippen LogP) is 2.38. The number of halogens is 1. The van der Waals surface area contributed by atoms with Gasteiger partial charge in [0.15, 0.2) is 0 Å². The molecule has 0 bridgehead atoms. The molecule has 1 aliphatic heterocycles. The van der Waals surface area contributed by atoms with E-state index in [-0.39, 0.29) is 5.25 Å². The van der Waals surface area contributed by atoms with Crippen molar-refractivity contribution in [3.63, 3.8) is 0 Å². The van der Waals surface area contributed by atoms with Crippen LogP contribution in [0.1, 0.15) is 44.9 Å². The van der Waals surface area contributed by atoms with Crippen LogP contribution in [0.25, 0.3) is 0 Å². The zero-order chi connectivity index (χ0) is 19.1. The standard InChI is InChI=1S/C19H31FN4O2S/c20-18-9-6-10-19(22-18)24-15-13-23(14-16-24)12-5-4-11-21-27(25,26)17-7-2-1-3-8-17/h6,9-10,17,21H,1-5,7-8,11-16H2. The highest BCUT2D eigenvalue weighted by molar-refractivity contribution is 7.90. The number of anilines is 1. The van der Waals surface area contributed by atoms with Crippen molar-refractivity contribution in [2.45, 2.75) is 50.2 Å². The highest BCUT2D eigenvalue weighted by atomic mass is 32.2. The SMILES string of the molecule is O=S(=O)(NCCCCN1CCN(c2cccc(F)n2)CC1)C1CCCCC1. The second kappa shape index (κ2) is 9.80. The van der Waals surface area contributed by atoms with Gasteiger partial charge in [-0.1, -0.05) is 25.3 Å². The van der Waals surface area contributed by atoms with E-state index in [0.717, 1.165) is 77.7 Å². The number of sulfonamides is 1. The summed E-state index contributed by atoms with van der Waals surface area (Å²) >= 11 is 0. The maximum Gasteiger partial charge on any atom is 0.214 e. The summed E-state index contributed by atoms with van der Waals surface area (Å²) in [5, 5.41) is -0.184. The Morgan fingerprint density at radius 3 is 2.52 bits per heavy atom. The second-order valence-corrected chi connectivity index (χ2v) is 9.60. The van der Waals surface area contributed by atoms with Crippen LogP contribution in [0, 0.1) is 5.95 Å². The Bertz CT molecular complexity index is 687. The Balaban J connectivity index is 1.30. The van der Waals surface area contributed by atoms with Crippen LogP contribution in [0.5, 0.6) is 0 Å². The van der Waals surface area contributed by atoms with Gasteiger partial charge in [-0.2, -0.15) is 4.39 Å². The van der Waals surface area contributed by atoms with Crippen molar-refractivity contribution < 1.29 is 12.8 Å². The van der Waals surface area contributed by atoms with Gasteiger partial charge >= 0.3 is 0 Å². The van der Waals surface area contributed by atoms with Gasteiger partial charge in [-0.15, -0.1) is 0 Å². The smallest absolute Gasteiger partial charge is 0.214 e. The van der Waals surface area contributed by atoms with Gasteiger partial charge in [0.1, 0.15) is 5.82 Å². The number of aromatic nitrogens is 1. The third-order valence-corrected chi connectivity index (χ3v) is 7.55. The van der Waals surface area contributed by atoms with Crippen LogP contribution in [0.3, 0.4) is 0 Å². The van der Waals surface area contributed by atoms with E-state index in [1.165, 1.54) is 6.07 Å². The molecule has 27 heavy (non-hydrogen) atoms. The highest BCUT2D eigenvalue weighted by Crippen LogP contribution is 2.23. The van der Waals surface area contributed by atoms with E-state index in [1.807, 2.05) is 6.07 Å². The van der Waals surface area contributed by atoms with Gasteiger partial charge in [0.2, 0.25) is 16.0 Å². The molecule has 6 nitrogen and oxygen atoms in total. The second-order valence-electron chi connectivity index (χ2n) is 7.55. The Kier molecular flexibility index (Phi) is 7.43. The first-order valence-corrected chi connectivity index (χ1v) is 11.7. The molecule has 3 rings (SSSR count). The summed E-state index contributed by atoms with van der Waals surface area (Å²) in [5.74, 6) is 0.261. The van der Waals surface area contributed by atoms with E-state index in [0.29, 0.717) is 12.4 Å². The van der Waals surface area contributed by atoms with Crippen molar-refractivity contribution in [2.24, 2.45) is 0 Å². The van der Waals surface area contributed by atoms with Crippen molar-refractivity contribution in [1.82, 2.24) is 14.6 Å². The lowest BCUT2D eigenvalue weighted by Crippen LogP contribution is -2.47. The molecule has 152 valence electrons. The van der Waals surface area contributed by atoms with Gasteiger partial charge < -0.3 is 4.90 Å². The number of hydrogen-bond acceptors (Lipinski definition) is 5. The molecule has 2 aliphatic rings. The molecule has 0 radical (unpaired) electrons. The van der Waals surface area contributed by atoms with Crippen molar-refractivity contribution in [2.75, 3.05) is 44.2 Å². The molecule has 0 atom stereocenters. The Hall–Kier alpha value is -1.25. The minimum absolute atomic E-state index is 0.184. The molecule has 0 amide bonds. The first kappa shape index (κ1) is 20.5. The Labute approximate surface area is 162 Å². The van der Waals surface area contributed by atoms with Gasteiger partial charge in [0, 0.05) is 32.7 Å². The first-order chi connectivity index (χ1) is 13.0. The molecule has 1 saturated heterocycles. The molecule has 1 N–H and O–H groups in total. The minimum Gasteiger partial charge on any atom is -0.354 e. The molecular formula is C19H31FN4O2S. The molecule has 0 aromatic carbocycles. The van der Waals surface area contributed by atoms with Gasteiger partial charge in [0.05, 0.1) is 5.25 Å². The number of nitrogens with zero attached hydrogens (tertiary/aromatic N) is 3. The maximum atomic E-state index is 13.2. The van der Waals surface area contributed by atoms with Gasteiger partial charge in [-0.05, 0) is 44.4 Å². The lowest BCUT2D eigenvalue weighted by atomic mass is 10.0. The van der Waals surface area contributed by atoms with Crippen molar-refractivity contribution in [3.8, 4) is 0 Å². The van der Waals surface area contributed by atoms with Crippen LogP contribution in [-0.2, 0) is 10.0 Å². The number of nitrogens with one attached hydrogen (secondary N) is 1. The highest BCUT2D eigenvalue weighted by Gasteiger charge is 2.26. The fraction of sp³-hybridized carbons (Fsp3) is 0.737. The number of piperazine rings is 1. The third-order valence-electron chi connectivity index (χ3n) is 5.59. The van der Waals surface area contributed by atoms with E-state index in [9.17, 15) is 12.8 Å². The van der Waals surface area contributed by atoms with E-state index in [2.05, 4.69) is 19.5 Å². The van der Waals surface area contributed by atoms with Crippen LogP contribution < -0.4 is 9.62 Å². The molecule has 1 aromatic rings. The van der Waals surface area contributed by atoms with Crippen LogP contribution in [0.4, 0.5) is 10.2 Å². The average Bonchev–Trinajstić information content (AvgIpc) is 2.69. The molecule has 0 spiro atoms. The van der Waals surface area contributed by atoms with Crippen molar-refractivity contribution in [1.29, 1.82) is 0 Å². The number of unbranched alkanes of at least 4 members (excludes halogenated alkanes) is 1. The third kappa shape index (κ3) is 6.12. The first-order valence-electron chi connectivity index (χ1n) is 10.1. The van der Waals surface area contributed by atoms with E-state index in [4.69, 9.17) is 0 Å². The summed E-state index contributed by atoms with van der Waals surface area (Å²) in [6, 6.07) is 4.90. The fourth-order valence-corrected chi connectivity index (χ4v) is 5.56. The summed E-state index contributed by atoms with van der Waals surface area (Å²) in [6.07, 6.45) is 6.67. The normalized spacial score (nSPS) is 20.1. The largest absolute Gasteiger partial charge is 0.354 e. The van der Waals surface area contributed by atoms with Gasteiger partial charge in [0.25, 0.3) is 0 Å². The number of pyridine rings is 1. The van der Waals surface area contributed by atoms with E-state index in [1.54, 1.807) is 6.07 Å². The molecule has 0 unspecified atom stereocenters. The molecule has 8 heteroatoms. The molecule has 1 aromatic heterocycles. The minimum atomic E-state index is -3.14. The summed E-state index contributed by atoms with van der Waals surface area (Å²) in [4.78, 5) is 8.43. The fourth-order valence-electron chi connectivity index (χ4n) is 3.94. The van der Waals surface area contributed by atoms with E-state index < -0.39 is 16.0 Å². The zero-order valence-electron chi connectivity index (χ0n) is 15.9. The molecule has 2 heterocycles. The topological polar surface area (TPSA) is 65.5 Å². The van der Waals surface area contributed by atoms with Crippen LogP contribution >= 0.6 is 0 Å². The van der Waals surface area contributed by atoms with Gasteiger partial charge in [-0.3, -0.25) is 4.90 Å². The average molecular weight is 399 g/mol. The lowest BCUT2D eigenvalue weighted by Gasteiger charge is -2.35. The summed E-state index contributed by atoms with van der Waals surface area (Å²) in [6.45, 7) is 5.02. The zero-order valence-corrected chi connectivity index (χ0v) is 16.8. The monoisotopic (exact) mass is 398 g/mol. The molecular weight excluding hydrogens is 367 g/mol. The van der Waals surface area contributed by atoms with E-state index >= 15 is 0 Å². The van der Waals surface area contributed by atoms with Crippen molar-refractivity contribution >= 4 is 15.8 Å². The van der Waals surface area contributed by atoms with Crippen LogP contribution in [0.15, 0.2) is 18.2 Å².